The number of carbonyl (C=O) groups is 1. The van der Waals surface area contributed by atoms with Crippen LogP contribution in [0.25, 0.3) is 22.0 Å². The summed E-state index contributed by atoms with van der Waals surface area (Å²) in [5, 5.41) is 11.0. The first-order chi connectivity index (χ1) is 14.9. The lowest BCUT2D eigenvalue weighted by atomic mass is 10.1. The molecular formula is C22H22FN3O3S2. The van der Waals surface area contributed by atoms with Crippen LogP contribution in [-0.2, 0) is 14.6 Å². The van der Waals surface area contributed by atoms with E-state index in [1.165, 1.54) is 23.9 Å². The van der Waals surface area contributed by atoms with Gasteiger partial charge in [-0.25, -0.2) is 12.8 Å². The lowest BCUT2D eigenvalue weighted by molar-refractivity contribution is -0.129. The molecule has 31 heavy (non-hydrogen) atoms. The van der Waals surface area contributed by atoms with E-state index in [1.54, 1.807) is 17.0 Å². The molecule has 0 unspecified atom stereocenters. The van der Waals surface area contributed by atoms with Gasteiger partial charge in [-0.1, -0.05) is 36.0 Å². The van der Waals surface area contributed by atoms with E-state index >= 15 is 0 Å². The molecular weight excluding hydrogens is 437 g/mol. The second kappa shape index (κ2) is 8.92. The molecule has 0 N–H and O–H groups in total. The van der Waals surface area contributed by atoms with Crippen LogP contribution in [0.5, 0.6) is 0 Å². The number of hydrogen-bond donors (Lipinski definition) is 0. The maximum absolute atomic E-state index is 13.3. The zero-order chi connectivity index (χ0) is 22.0. The van der Waals surface area contributed by atoms with E-state index in [2.05, 4.69) is 10.2 Å². The summed E-state index contributed by atoms with van der Waals surface area (Å²) in [6.07, 6.45) is 0.488. The summed E-state index contributed by atoms with van der Waals surface area (Å²) in [7, 11) is -3.06. The van der Waals surface area contributed by atoms with Crippen LogP contribution in [0, 0.1) is 5.82 Å². The Morgan fingerprint density at radius 3 is 2.48 bits per heavy atom. The Kier molecular flexibility index (Phi) is 6.24. The van der Waals surface area contributed by atoms with Crippen LogP contribution in [0.1, 0.15) is 13.3 Å². The fraction of sp³-hybridized carbons (Fsp3) is 0.318. The van der Waals surface area contributed by atoms with E-state index in [0.717, 1.165) is 16.3 Å². The van der Waals surface area contributed by atoms with E-state index in [4.69, 9.17) is 0 Å². The van der Waals surface area contributed by atoms with Crippen molar-refractivity contribution in [2.45, 2.75) is 24.4 Å². The Bertz CT molecular complexity index is 1220. The first-order valence-corrected chi connectivity index (χ1v) is 12.8. The molecule has 1 aromatic heterocycles. The highest BCUT2D eigenvalue weighted by atomic mass is 32.2. The third-order valence-corrected chi connectivity index (χ3v) is 8.13. The second-order valence-corrected chi connectivity index (χ2v) is 10.6. The molecule has 1 atom stereocenters. The highest BCUT2D eigenvalue weighted by Crippen LogP contribution is 2.32. The third kappa shape index (κ3) is 4.72. The Labute approximate surface area is 184 Å². The standard InChI is InChI=1S/C22H22FN3O3S2/c1-2-26(17-11-12-31(28,29)14-17)20(27)13-30-22-19-6-4-3-5-18(19)21(24-25-22)15-7-9-16(23)10-8-15/h3-10,17H,2,11-14H2,1H3/t17-/m1/s1. The molecule has 0 bridgehead atoms. The molecule has 1 aliphatic heterocycles. The molecule has 162 valence electrons. The second-order valence-electron chi connectivity index (χ2n) is 7.43. The van der Waals surface area contributed by atoms with Gasteiger partial charge >= 0.3 is 0 Å². The summed E-state index contributed by atoms with van der Waals surface area (Å²) in [5.74, 6) is -0.105. The molecule has 6 nitrogen and oxygen atoms in total. The largest absolute Gasteiger partial charge is 0.338 e. The summed E-state index contributed by atoms with van der Waals surface area (Å²) < 4.78 is 36.9. The van der Waals surface area contributed by atoms with Gasteiger partial charge < -0.3 is 4.90 Å². The van der Waals surface area contributed by atoms with Crippen molar-refractivity contribution in [3.05, 3.63) is 54.3 Å². The minimum absolute atomic E-state index is 0.0341. The van der Waals surface area contributed by atoms with Gasteiger partial charge in [-0.15, -0.1) is 10.2 Å². The summed E-state index contributed by atoms with van der Waals surface area (Å²) in [4.78, 5) is 14.5. The number of thioether (sulfide) groups is 1. The lowest BCUT2D eigenvalue weighted by Gasteiger charge is -2.26. The van der Waals surface area contributed by atoms with Gasteiger partial charge in [-0.3, -0.25) is 4.79 Å². The number of rotatable bonds is 6. The summed E-state index contributed by atoms with van der Waals surface area (Å²) in [5.41, 5.74) is 1.41. The van der Waals surface area contributed by atoms with Crippen molar-refractivity contribution in [2.75, 3.05) is 23.8 Å². The quantitative estimate of drug-likeness (QED) is 0.525. The molecule has 2 aromatic carbocycles. The Morgan fingerprint density at radius 1 is 1.13 bits per heavy atom. The zero-order valence-electron chi connectivity index (χ0n) is 17.0. The number of amides is 1. The zero-order valence-corrected chi connectivity index (χ0v) is 18.6. The van der Waals surface area contributed by atoms with Crippen molar-refractivity contribution < 1.29 is 17.6 Å². The van der Waals surface area contributed by atoms with Crippen molar-refractivity contribution in [1.29, 1.82) is 0 Å². The summed E-state index contributed by atoms with van der Waals surface area (Å²) in [6.45, 7) is 2.33. The maximum Gasteiger partial charge on any atom is 0.233 e. The van der Waals surface area contributed by atoms with Gasteiger partial charge in [0.15, 0.2) is 9.84 Å². The maximum atomic E-state index is 13.3. The van der Waals surface area contributed by atoms with Crippen LogP contribution in [0.15, 0.2) is 53.6 Å². The summed E-state index contributed by atoms with van der Waals surface area (Å²) >= 11 is 1.29. The van der Waals surface area contributed by atoms with Gasteiger partial charge in [0, 0.05) is 28.9 Å². The van der Waals surface area contributed by atoms with Crippen molar-refractivity contribution in [1.82, 2.24) is 15.1 Å². The third-order valence-electron chi connectivity index (χ3n) is 5.41. The molecule has 2 heterocycles. The predicted octanol–water partition coefficient (Wildman–Crippen LogP) is 3.56. The van der Waals surface area contributed by atoms with E-state index in [0.29, 0.717) is 23.7 Å². The highest BCUT2D eigenvalue weighted by Gasteiger charge is 2.33. The number of aromatic nitrogens is 2. The monoisotopic (exact) mass is 459 g/mol. The number of nitrogens with zero attached hydrogens (tertiary/aromatic N) is 3. The van der Waals surface area contributed by atoms with Crippen molar-refractivity contribution >= 4 is 38.3 Å². The Balaban J connectivity index is 1.56. The van der Waals surface area contributed by atoms with Crippen LogP contribution in [0.2, 0.25) is 0 Å². The lowest BCUT2D eigenvalue weighted by Crippen LogP contribution is -2.41. The van der Waals surface area contributed by atoms with E-state index in [-0.39, 0.29) is 35.0 Å². The minimum atomic E-state index is -3.06. The molecule has 0 radical (unpaired) electrons. The Hall–Kier alpha value is -2.52. The van der Waals surface area contributed by atoms with Crippen LogP contribution < -0.4 is 0 Å². The normalized spacial score (nSPS) is 17.7. The van der Waals surface area contributed by atoms with Gasteiger partial charge in [0.1, 0.15) is 16.5 Å². The van der Waals surface area contributed by atoms with E-state index in [1.807, 2.05) is 31.2 Å². The summed E-state index contributed by atoms with van der Waals surface area (Å²) in [6, 6.07) is 13.5. The van der Waals surface area contributed by atoms with Crippen molar-refractivity contribution in [2.24, 2.45) is 0 Å². The topological polar surface area (TPSA) is 80.2 Å². The minimum Gasteiger partial charge on any atom is -0.338 e. The molecule has 1 aliphatic rings. The number of carbonyl (C=O) groups excluding carboxylic acids is 1. The van der Waals surface area contributed by atoms with Gasteiger partial charge in [0.25, 0.3) is 0 Å². The van der Waals surface area contributed by atoms with Crippen molar-refractivity contribution in [3.63, 3.8) is 0 Å². The van der Waals surface area contributed by atoms with Crippen LogP contribution >= 0.6 is 11.8 Å². The number of benzene rings is 2. The molecule has 0 spiro atoms. The van der Waals surface area contributed by atoms with Crippen LogP contribution in [0.3, 0.4) is 0 Å². The molecule has 0 saturated carbocycles. The highest BCUT2D eigenvalue weighted by molar-refractivity contribution is 8.00. The number of sulfone groups is 1. The van der Waals surface area contributed by atoms with Crippen LogP contribution in [0.4, 0.5) is 4.39 Å². The van der Waals surface area contributed by atoms with Gasteiger partial charge in [-0.05, 0) is 37.6 Å². The molecule has 1 fully saturated rings. The fourth-order valence-electron chi connectivity index (χ4n) is 3.88. The molecule has 4 rings (SSSR count). The average Bonchev–Trinajstić information content (AvgIpc) is 3.12. The number of fused-ring (bicyclic) bond motifs is 1. The number of hydrogen-bond acceptors (Lipinski definition) is 6. The van der Waals surface area contributed by atoms with Gasteiger partial charge in [-0.2, -0.15) is 0 Å². The first-order valence-electron chi connectivity index (χ1n) is 10.0. The molecule has 0 aliphatic carbocycles. The first kappa shape index (κ1) is 21.7. The predicted molar refractivity (Wildman–Crippen MR) is 120 cm³/mol. The van der Waals surface area contributed by atoms with E-state index in [9.17, 15) is 17.6 Å². The molecule has 1 amide bonds. The SMILES string of the molecule is CCN(C(=O)CSc1nnc(-c2ccc(F)cc2)c2ccccc12)[C@@H]1CCS(=O)(=O)C1. The fourth-order valence-corrected chi connectivity index (χ4v) is 6.47. The van der Waals surface area contributed by atoms with Crippen molar-refractivity contribution in [3.8, 4) is 11.3 Å². The van der Waals surface area contributed by atoms with E-state index < -0.39 is 9.84 Å². The molecule has 1 saturated heterocycles. The van der Waals surface area contributed by atoms with Crippen LogP contribution in [-0.4, -0.2) is 59.3 Å². The number of halogens is 1. The Morgan fingerprint density at radius 2 is 1.84 bits per heavy atom. The van der Waals surface area contributed by atoms with Gasteiger partial charge in [0.05, 0.1) is 17.3 Å². The molecule has 9 heteroatoms. The van der Waals surface area contributed by atoms with Gasteiger partial charge in [0.2, 0.25) is 5.91 Å². The average molecular weight is 460 g/mol. The molecule has 3 aromatic rings. The smallest absolute Gasteiger partial charge is 0.233 e.